The van der Waals surface area contributed by atoms with Gasteiger partial charge in [0.2, 0.25) is 0 Å². The Morgan fingerprint density at radius 2 is 1.62 bits per heavy atom. The van der Waals surface area contributed by atoms with E-state index in [1.165, 1.54) is 15.6 Å². The summed E-state index contributed by atoms with van der Waals surface area (Å²) in [5.41, 5.74) is 2.90. The van der Waals surface area contributed by atoms with E-state index in [2.05, 4.69) is 45.0 Å². The summed E-state index contributed by atoms with van der Waals surface area (Å²) in [6.07, 6.45) is 0. The lowest BCUT2D eigenvalue weighted by molar-refractivity contribution is 0.596. The van der Waals surface area contributed by atoms with E-state index in [4.69, 9.17) is 5.48 Å². The molecule has 1 heteroatoms. The van der Waals surface area contributed by atoms with Gasteiger partial charge in [-0.1, -0.05) is 74.8 Å². The highest BCUT2D eigenvalue weighted by atomic mass is 32.1. The number of hydrogen-bond donors (Lipinski definition) is 0. The van der Waals surface area contributed by atoms with E-state index in [-0.39, 0.29) is 29.6 Å². The second kappa shape index (κ2) is 5.46. The Bertz CT molecular complexity index is 1220. The minimum absolute atomic E-state index is 0.0310. The van der Waals surface area contributed by atoms with Gasteiger partial charge in [0.05, 0.1) is 5.48 Å². The summed E-state index contributed by atoms with van der Waals surface area (Å²) >= 11 is 1.72. The van der Waals surface area contributed by atoms with Crippen LogP contribution in [0.4, 0.5) is 0 Å². The van der Waals surface area contributed by atoms with Crippen LogP contribution in [-0.2, 0) is 5.41 Å². The second-order valence-electron chi connectivity index (χ2n) is 7.21. The predicted octanol–water partition coefficient (Wildman–Crippen LogP) is 7.33. The van der Waals surface area contributed by atoms with Crippen LogP contribution in [0.3, 0.4) is 0 Å². The Morgan fingerprint density at radius 3 is 2.38 bits per heavy atom. The van der Waals surface area contributed by atoms with Gasteiger partial charge >= 0.3 is 0 Å². The summed E-state index contributed by atoms with van der Waals surface area (Å²) in [4.78, 5) is 0. The third-order valence-electron chi connectivity index (χ3n) is 4.35. The van der Waals surface area contributed by atoms with Crippen LogP contribution in [0.25, 0.3) is 31.3 Å². The molecule has 120 valence electrons. The molecule has 24 heavy (non-hydrogen) atoms. The lowest BCUT2D eigenvalue weighted by atomic mass is 9.83. The van der Waals surface area contributed by atoms with Gasteiger partial charge in [0, 0.05) is 20.2 Å². The molecule has 0 saturated heterocycles. The van der Waals surface area contributed by atoms with Crippen molar-refractivity contribution in [2.75, 3.05) is 0 Å². The van der Waals surface area contributed by atoms with E-state index >= 15 is 0 Å². The molecule has 0 spiro atoms. The first kappa shape index (κ1) is 11.4. The van der Waals surface area contributed by atoms with Crippen molar-refractivity contribution >= 4 is 31.5 Å². The molecule has 1 heterocycles. The molecule has 1 aromatic heterocycles. The molecule has 0 unspecified atom stereocenters. The smallest absolute Gasteiger partial charge is 0.0632 e. The summed E-state index contributed by atoms with van der Waals surface area (Å²) in [6.45, 7) is 8.28. The molecule has 4 rings (SSSR count). The van der Waals surface area contributed by atoms with Crippen molar-refractivity contribution in [1.82, 2.24) is 0 Å². The normalized spacial score (nSPS) is 14.5. The summed E-state index contributed by atoms with van der Waals surface area (Å²) < 4.78 is 35.6. The third kappa shape index (κ3) is 2.44. The minimum Gasteiger partial charge on any atom is -0.135 e. The molecular weight excluding hydrogens is 308 g/mol. The first-order valence-electron chi connectivity index (χ1n) is 10.1. The van der Waals surface area contributed by atoms with Crippen molar-refractivity contribution in [3.8, 4) is 11.1 Å². The molecule has 0 bridgehead atoms. The first-order chi connectivity index (χ1) is 13.1. The summed E-state index contributed by atoms with van der Waals surface area (Å²) in [7, 11) is 0. The number of benzene rings is 3. The van der Waals surface area contributed by atoms with E-state index in [1.807, 2.05) is 12.1 Å². The van der Waals surface area contributed by atoms with Gasteiger partial charge in [-0.25, -0.2) is 0 Å². The summed E-state index contributed by atoms with van der Waals surface area (Å²) in [5, 5.41) is 2.22. The molecule has 0 atom stereocenters. The van der Waals surface area contributed by atoms with E-state index in [0.29, 0.717) is 11.1 Å². The molecule has 0 saturated carbocycles. The van der Waals surface area contributed by atoms with Crippen molar-refractivity contribution in [3.63, 3.8) is 0 Å². The highest BCUT2D eigenvalue weighted by molar-refractivity contribution is 7.26. The van der Waals surface area contributed by atoms with Gasteiger partial charge in [-0.15, -0.1) is 11.3 Å². The van der Waals surface area contributed by atoms with Crippen molar-refractivity contribution < 1.29 is 5.48 Å². The van der Waals surface area contributed by atoms with Gasteiger partial charge in [0.25, 0.3) is 0 Å². The zero-order chi connectivity index (χ0) is 20.4. The van der Waals surface area contributed by atoms with Gasteiger partial charge in [0.15, 0.2) is 0 Å². The van der Waals surface area contributed by atoms with Gasteiger partial charge < -0.3 is 0 Å². The van der Waals surface area contributed by atoms with Crippen molar-refractivity contribution in [2.24, 2.45) is 0 Å². The number of hydrogen-bond acceptors (Lipinski definition) is 1. The standard InChI is InChI=1S/C23H22S/c1-15-8-5-9-16(14-15)17-10-6-12-19-21(17)22-18(23(2,3)4)11-7-13-20(22)24-19/h5-14H,1-4H3/i5D,8D,9D,14D. The van der Waals surface area contributed by atoms with E-state index in [9.17, 15) is 0 Å². The maximum atomic E-state index is 8.60. The van der Waals surface area contributed by atoms with Gasteiger partial charge in [-0.2, -0.15) is 0 Å². The quantitative estimate of drug-likeness (QED) is 0.342. The van der Waals surface area contributed by atoms with E-state index < -0.39 is 0 Å². The van der Waals surface area contributed by atoms with Crippen LogP contribution in [0, 0.1) is 6.92 Å². The van der Waals surface area contributed by atoms with E-state index in [0.717, 1.165) is 15.6 Å². The minimum atomic E-state index is -0.115. The van der Waals surface area contributed by atoms with Crippen LogP contribution < -0.4 is 0 Å². The molecule has 3 aromatic carbocycles. The van der Waals surface area contributed by atoms with Crippen LogP contribution in [0.5, 0.6) is 0 Å². The molecule has 4 aromatic rings. The molecule has 0 aliphatic carbocycles. The Hall–Kier alpha value is -2.12. The largest absolute Gasteiger partial charge is 0.135 e. The van der Waals surface area contributed by atoms with E-state index in [1.54, 1.807) is 18.3 Å². The number of rotatable bonds is 1. The summed E-state index contributed by atoms with van der Waals surface area (Å²) in [5.74, 6) is 0. The van der Waals surface area contributed by atoms with Gasteiger partial charge in [0.1, 0.15) is 0 Å². The number of thiophene rings is 1. The maximum Gasteiger partial charge on any atom is 0.0632 e. The molecule has 0 amide bonds. The monoisotopic (exact) mass is 334 g/mol. The fourth-order valence-electron chi connectivity index (χ4n) is 3.27. The van der Waals surface area contributed by atoms with Gasteiger partial charge in [-0.05, 0) is 41.2 Å². The number of fused-ring (bicyclic) bond motifs is 3. The van der Waals surface area contributed by atoms with Crippen LogP contribution in [0.15, 0.2) is 60.6 Å². The molecule has 0 aliphatic heterocycles. The summed E-state index contributed by atoms with van der Waals surface area (Å²) in [6, 6.07) is 12.3. The molecular formula is C23H22S. The molecule has 0 fully saturated rings. The van der Waals surface area contributed by atoms with Gasteiger partial charge in [-0.3, -0.25) is 0 Å². The average molecular weight is 335 g/mol. The Labute approximate surface area is 153 Å². The second-order valence-corrected chi connectivity index (χ2v) is 8.29. The SMILES string of the molecule is [2H]c1c([2H])c(C)c([2H])c(-c2cccc3sc4cccc(C(C)(C)C)c4c23)c1[2H]. The highest BCUT2D eigenvalue weighted by Crippen LogP contribution is 2.44. The molecule has 0 nitrogen and oxygen atoms in total. The average Bonchev–Trinajstić information content (AvgIpc) is 3.03. The maximum absolute atomic E-state index is 8.60. The fraction of sp³-hybridized carbons (Fsp3) is 0.217. The fourth-order valence-corrected chi connectivity index (χ4v) is 4.43. The molecule has 0 aliphatic rings. The Kier molecular flexibility index (Phi) is 2.60. The lowest BCUT2D eigenvalue weighted by Gasteiger charge is -2.21. The van der Waals surface area contributed by atoms with Crippen molar-refractivity contribution in [1.29, 1.82) is 0 Å². The third-order valence-corrected chi connectivity index (χ3v) is 5.47. The van der Waals surface area contributed by atoms with Crippen LogP contribution in [0.1, 0.15) is 37.4 Å². The van der Waals surface area contributed by atoms with Crippen molar-refractivity contribution in [2.45, 2.75) is 33.1 Å². The Balaban J connectivity index is 2.23. The molecule has 0 radical (unpaired) electrons. The topological polar surface area (TPSA) is 0 Å². The van der Waals surface area contributed by atoms with Crippen LogP contribution in [0.2, 0.25) is 0 Å². The zero-order valence-corrected chi connectivity index (χ0v) is 15.2. The zero-order valence-electron chi connectivity index (χ0n) is 18.4. The highest BCUT2D eigenvalue weighted by Gasteiger charge is 2.21. The lowest BCUT2D eigenvalue weighted by Crippen LogP contribution is -2.11. The Morgan fingerprint density at radius 1 is 0.917 bits per heavy atom. The van der Waals surface area contributed by atoms with Crippen LogP contribution >= 0.6 is 11.3 Å². The van der Waals surface area contributed by atoms with Crippen molar-refractivity contribution in [3.05, 3.63) is 71.7 Å². The van der Waals surface area contributed by atoms with Crippen LogP contribution in [-0.4, -0.2) is 0 Å². The predicted molar refractivity (Wildman–Crippen MR) is 108 cm³/mol. The first-order valence-corrected chi connectivity index (χ1v) is 8.96. The molecule has 0 N–H and O–H groups in total.